The van der Waals surface area contributed by atoms with Crippen molar-refractivity contribution in [2.24, 2.45) is 5.92 Å². The minimum absolute atomic E-state index is 0.349. The second-order valence-electron chi connectivity index (χ2n) is 7.56. The molecule has 0 saturated heterocycles. The second-order valence-corrected chi connectivity index (χ2v) is 7.56. The minimum Gasteiger partial charge on any atom is -0.368 e. The molecule has 0 fully saturated rings. The zero-order valence-electron chi connectivity index (χ0n) is 16.1. The van der Waals surface area contributed by atoms with Crippen LogP contribution in [0.25, 0.3) is 5.57 Å². The van der Waals surface area contributed by atoms with Gasteiger partial charge in [-0.05, 0) is 41.2 Å². The van der Waals surface area contributed by atoms with E-state index in [1.165, 1.54) is 22.4 Å². The Bertz CT molecular complexity index is 901. The SMILES string of the molecule is CC1C=CC(c2ccccc2)=CC1N(C)c1cccc(C2C=CC=CC2)c1. The molecule has 0 N–H and O–H groups in total. The first-order valence-corrected chi connectivity index (χ1v) is 9.84. The Kier molecular flexibility index (Phi) is 5.11. The molecular formula is C26H27N. The Morgan fingerprint density at radius 1 is 0.926 bits per heavy atom. The summed E-state index contributed by atoms with van der Waals surface area (Å²) in [6, 6.07) is 20.0. The Hall–Kier alpha value is -2.80. The van der Waals surface area contributed by atoms with Crippen LogP contribution < -0.4 is 4.90 Å². The lowest BCUT2D eigenvalue weighted by atomic mass is 9.88. The number of anilines is 1. The van der Waals surface area contributed by atoms with Crippen LogP contribution in [0.4, 0.5) is 5.69 Å². The molecule has 4 rings (SSSR count). The van der Waals surface area contributed by atoms with E-state index in [1.54, 1.807) is 0 Å². The Labute approximate surface area is 163 Å². The van der Waals surface area contributed by atoms with Crippen molar-refractivity contribution in [2.45, 2.75) is 25.3 Å². The first kappa shape index (κ1) is 17.6. The van der Waals surface area contributed by atoms with Gasteiger partial charge >= 0.3 is 0 Å². The van der Waals surface area contributed by atoms with Gasteiger partial charge < -0.3 is 4.90 Å². The molecule has 3 atom stereocenters. The molecule has 2 aliphatic rings. The first-order valence-electron chi connectivity index (χ1n) is 9.84. The molecule has 0 spiro atoms. The van der Waals surface area contributed by atoms with E-state index >= 15 is 0 Å². The van der Waals surface area contributed by atoms with Gasteiger partial charge in [0.1, 0.15) is 0 Å². The van der Waals surface area contributed by atoms with Crippen molar-refractivity contribution >= 4 is 11.3 Å². The van der Waals surface area contributed by atoms with Gasteiger partial charge in [0, 0.05) is 18.7 Å². The third-order valence-electron chi connectivity index (χ3n) is 5.71. The van der Waals surface area contributed by atoms with E-state index in [0.717, 1.165) is 6.42 Å². The number of rotatable bonds is 4. The van der Waals surface area contributed by atoms with Crippen LogP contribution in [0.1, 0.15) is 30.4 Å². The molecule has 0 bridgehead atoms. The summed E-state index contributed by atoms with van der Waals surface area (Å²) >= 11 is 0. The highest BCUT2D eigenvalue weighted by Crippen LogP contribution is 2.32. The van der Waals surface area contributed by atoms with Gasteiger partial charge in [0.15, 0.2) is 0 Å². The van der Waals surface area contributed by atoms with Crippen molar-refractivity contribution in [3.8, 4) is 0 Å². The first-order chi connectivity index (χ1) is 13.2. The Morgan fingerprint density at radius 3 is 2.56 bits per heavy atom. The van der Waals surface area contributed by atoms with E-state index in [4.69, 9.17) is 0 Å². The van der Waals surface area contributed by atoms with Crippen LogP contribution in [0.3, 0.4) is 0 Å². The fourth-order valence-corrected chi connectivity index (χ4v) is 4.02. The summed E-state index contributed by atoms with van der Waals surface area (Å²) in [5.41, 5.74) is 5.27. The largest absolute Gasteiger partial charge is 0.368 e. The van der Waals surface area contributed by atoms with Crippen LogP contribution in [0.2, 0.25) is 0 Å². The summed E-state index contributed by atoms with van der Waals surface area (Å²) in [6.45, 7) is 2.30. The summed E-state index contributed by atoms with van der Waals surface area (Å²) < 4.78 is 0. The maximum absolute atomic E-state index is 2.42. The smallest absolute Gasteiger partial charge is 0.0538 e. The number of likely N-dealkylation sites (N-methyl/N-ethyl adjacent to an activating group) is 1. The molecule has 0 radical (unpaired) electrons. The molecule has 2 aromatic carbocycles. The third-order valence-corrected chi connectivity index (χ3v) is 5.71. The lowest BCUT2D eigenvalue weighted by molar-refractivity contribution is 0.594. The Morgan fingerprint density at radius 2 is 1.78 bits per heavy atom. The lowest BCUT2D eigenvalue weighted by Gasteiger charge is -2.34. The monoisotopic (exact) mass is 353 g/mol. The molecule has 2 aliphatic carbocycles. The molecule has 0 saturated carbocycles. The third kappa shape index (κ3) is 3.83. The van der Waals surface area contributed by atoms with Crippen LogP contribution in [0, 0.1) is 5.92 Å². The fraction of sp³-hybridized carbons (Fsp3) is 0.231. The molecule has 0 aliphatic heterocycles. The van der Waals surface area contributed by atoms with Gasteiger partial charge in [-0.1, -0.05) is 91.9 Å². The van der Waals surface area contributed by atoms with Crippen molar-refractivity contribution in [3.05, 3.63) is 108 Å². The van der Waals surface area contributed by atoms with E-state index in [-0.39, 0.29) is 0 Å². The van der Waals surface area contributed by atoms with Crippen LogP contribution in [-0.4, -0.2) is 13.1 Å². The van der Waals surface area contributed by atoms with Gasteiger partial charge in [-0.3, -0.25) is 0 Å². The minimum atomic E-state index is 0.349. The second kappa shape index (κ2) is 7.84. The van der Waals surface area contributed by atoms with Crippen LogP contribution >= 0.6 is 0 Å². The average Bonchev–Trinajstić information content (AvgIpc) is 2.75. The number of allylic oxidation sites excluding steroid dienone is 6. The fourth-order valence-electron chi connectivity index (χ4n) is 4.02. The van der Waals surface area contributed by atoms with E-state index in [2.05, 4.69) is 116 Å². The normalized spacial score (nSPS) is 23.9. The van der Waals surface area contributed by atoms with Crippen molar-refractivity contribution in [1.29, 1.82) is 0 Å². The molecule has 27 heavy (non-hydrogen) atoms. The lowest BCUT2D eigenvalue weighted by Crippen LogP contribution is -2.36. The van der Waals surface area contributed by atoms with Gasteiger partial charge in [0.05, 0.1) is 6.04 Å². The van der Waals surface area contributed by atoms with E-state index in [9.17, 15) is 0 Å². The maximum atomic E-state index is 2.42. The number of hydrogen-bond acceptors (Lipinski definition) is 1. The van der Waals surface area contributed by atoms with Crippen molar-refractivity contribution in [1.82, 2.24) is 0 Å². The van der Waals surface area contributed by atoms with E-state index < -0.39 is 0 Å². The predicted octanol–water partition coefficient (Wildman–Crippen LogP) is 6.38. The van der Waals surface area contributed by atoms with Crippen molar-refractivity contribution in [2.75, 3.05) is 11.9 Å². The van der Waals surface area contributed by atoms with Gasteiger partial charge in [0.2, 0.25) is 0 Å². The summed E-state index contributed by atoms with van der Waals surface area (Å²) in [5.74, 6) is 0.964. The van der Waals surface area contributed by atoms with Crippen molar-refractivity contribution in [3.63, 3.8) is 0 Å². The van der Waals surface area contributed by atoms with E-state index in [1.807, 2.05) is 0 Å². The van der Waals surface area contributed by atoms with Crippen LogP contribution in [0.5, 0.6) is 0 Å². The highest BCUT2D eigenvalue weighted by molar-refractivity contribution is 5.76. The average molecular weight is 354 g/mol. The molecule has 136 valence electrons. The maximum Gasteiger partial charge on any atom is 0.0538 e. The molecule has 2 aromatic rings. The summed E-state index contributed by atoms with van der Waals surface area (Å²) in [6.07, 6.45) is 17.0. The summed E-state index contributed by atoms with van der Waals surface area (Å²) in [5, 5.41) is 0. The number of nitrogens with zero attached hydrogens (tertiary/aromatic N) is 1. The van der Waals surface area contributed by atoms with Crippen molar-refractivity contribution < 1.29 is 0 Å². The standard InChI is InChI=1S/C26H27N/c1-20-16-17-24(22-12-7-4-8-13-22)19-26(20)27(2)25-15-9-14-23(18-25)21-10-5-3-6-11-21/h3-10,12-21,26H,11H2,1-2H3. The van der Waals surface area contributed by atoms with E-state index in [0.29, 0.717) is 17.9 Å². The zero-order valence-corrected chi connectivity index (χ0v) is 16.1. The quantitative estimate of drug-likeness (QED) is 0.616. The highest BCUT2D eigenvalue weighted by Gasteiger charge is 2.22. The summed E-state index contributed by atoms with van der Waals surface area (Å²) in [7, 11) is 2.22. The molecular weight excluding hydrogens is 326 g/mol. The molecule has 0 amide bonds. The topological polar surface area (TPSA) is 3.24 Å². The molecule has 3 unspecified atom stereocenters. The van der Waals surface area contributed by atoms with Gasteiger partial charge in [-0.25, -0.2) is 0 Å². The number of benzene rings is 2. The van der Waals surface area contributed by atoms with Crippen LogP contribution in [-0.2, 0) is 0 Å². The van der Waals surface area contributed by atoms with Gasteiger partial charge in [-0.15, -0.1) is 0 Å². The Balaban J connectivity index is 1.61. The van der Waals surface area contributed by atoms with Gasteiger partial charge in [0.25, 0.3) is 0 Å². The van der Waals surface area contributed by atoms with Crippen LogP contribution in [0.15, 0.2) is 97.1 Å². The molecule has 0 heterocycles. The van der Waals surface area contributed by atoms with Gasteiger partial charge in [-0.2, -0.15) is 0 Å². The molecule has 1 nitrogen and oxygen atoms in total. The predicted molar refractivity (Wildman–Crippen MR) is 117 cm³/mol. The molecule has 1 heteroatoms. The number of hydrogen-bond donors (Lipinski definition) is 0. The molecule has 0 aromatic heterocycles. The summed E-state index contributed by atoms with van der Waals surface area (Å²) in [4.78, 5) is 2.42. The highest BCUT2D eigenvalue weighted by atomic mass is 15.1. The zero-order chi connectivity index (χ0) is 18.6.